The summed E-state index contributed by atoms with van der Waals surface area (Å²) in [6, 6.07) is 8.69. The molecule has 1 amide bonds. The first-order valence-corrected chi connectivity index (χ1v) is 7.68. The third kappa shape index (κ3) is 6.78. The zero-order chi connectivity index (χ0) is 17.7. The van der Waals surface area contributed by atoms with Crippen molar-refractivity contribution in [2.45, 2.75) is 33.4 Å². The van der Waals surface area contributed by atoms with Crippen LogP contribution in [0.3, 0.4) is 0 Å². The highest BCUT2D eigenvalue weighted by atomic mass is 35.5. The van der Waals surface area contributed by atoms with Gasteiger partial charge in [0.05, 0.1) is 6.04 Å². The number of nitrogens with two attached hydrogens (primary N) is 1. The summed E-state index contributed by atoms with van der Waals surface area (Å²) in [7, 11) is 0. The van der Waals surface area contributed by atoms with Gasteiger partial charge in [-0.25, -0.2) is 9.37 Å². The molecule has 0 radical (unpaired) electrons. The molecule has 1 aromatic carbocycles. The van der Waals surface area contributed by atoms with Crippen LogP contribution in [0.4, 0.5) is 4.39 Å². The lowest BCUT2D eigenvalue weighted by Gasteiger charge is -2.25. The summed E-state index contributed by atoms with van der Waals surface area (Å²) in [6.45, 7) is 5.93. The second-order valence-corrected chi connectivity index (χ2v) is 6.59. The van der Waals surface area contributed by atoms with Crippen LogP contribution in [0.2, 0.25) is 0 Å². The van der Waals surface area contributed by atoms with Crippen LogP contribution in [-0.2, 0) is 11.3 Å². The molecule has 0 aliphatic rings. The molecule has 0 saturated carbocycles. The average molecular weight is 404 g/mol. The largest absolute Gasteiger partial charge is 0.439 e. The maximum atomic E-state index is 13.3. The number of nitrogens with zero attached hydrogens (tertiary/aromatic N) is 1. The Bertz CT molecular complexity index is 724. The minimum Gasteiger partial charge on any atom is -0.439 e. The summed E-state index contributed by atoms with van der Waals surface area (Å²) in [5.41, 5.74) is 6.28. The van der Waals surface area contributed by atoms with Crippen molar-refractivity contribution in [2.24, 2.45) is 11.1 Å². The lowest BCUT2D eigenvalue weighted by Crippen LogP contribution is -2.48. The quantitative estimate of drug-likeness (QED) is 0.794. The van der Waals surface area contributed by atoms with Crippen molar-refractivity contribution in [2.75, 3.05) is 0 Å². The van der Waals surface area contributed by atoms with Gasteiger partial charge in [0.1, 0.15) is 11.6 Å². The zero-order valence-electron chi connectivity index (χ0n) is 14.9. The predicted molar refractivity (Wildman–Crippen MR) is 104 cm³/mol. The van der Waals surface area contributed by atoms with Crippen LogP contribution >= 0.6 is 24.8 Å². The molecule has 1 atom stereocenters. The molecule has 144 valence electrons. The lowest BCUT2D eigenvalue weighted by atomic mass is 9.87. The van der Waals surface area contributed by atoms with E-state index in [0.717, 1.165) is 0 Å². The Morgan fingerprint density at radius 1 is 1.27 bits per heavy atom. The number of rotatable bonds is 5. The Hall–Kier alpha value is -1.89. The highest BCUT2D eigenvalue weighted by Crippen LogP contribution is 2.23. The molecular formula is C18H24Cl2FN3O2. The van der Waals surface area contributed by atoms with Crippen molar-refractivity contribution < 1.29 is 13.9 Å². The molecule has 0 aliphatic carbocycles. The van der Waals surface area contributed by atoms with E-state index in [1.54, 1.807) is 30.5 Å². The fourth-order valence-corrected chi connectivity index (χ4v) is 1.98. The summed E-state index contributed by atoms with van der Waals surface area (Å²) >= 11 is 0. The van der Waals surface area contributed by atoms with Crippen molar-refractivity contribution >= 4 is 30.7 Å². The van der Waals surface area contributed by atoms with E-state index in [4.69, 9.17) is 10.5 Å². The summed E-state index contributed by atoms with van der Waals surface area (Å²) in [5.74, 6) is 0.0119. The zero-order valence-corrected chi connectivity index (χ0v) is 16.5. The Morgan fingerprint density at radius 3 is 2.58 bits per heavy atom. The maximum Gasteiger partial charge on any atom is 0.237 e. The van der Waals surface area contributed by atoms with E-state index in [9.17, 15) is 9.18 Å². The van der Waals surface area contributed by atoms with Gasteiger partial charge in [-0.2, -0.15) is 0 Å². The molecule has 2 rings (SSSR count). The Kier molecular flexibility index (Phi) is 9.56. The number of halogens is 3. The first-order chi connectivity index (χ1) is 11.3. The summed E-state index contributed by atoms with van der Waals surface area (Å²) < 4.78 is 18.9. The van der Waals surface area contributed by atoms with Gasteiger partial charge in [0.25, 0.3) is 0 Å². The Labute approximate surface area is 165 Å². The van der Waals surface area contributed by atoms with Gasteiger partial charge in [0.15, 0.2) is 0 Å². The van der Waals surface area contributed by atoms with E-state index in [1.807, 2.05) is 20.8 Å². The second kappa shape index (κ2) is 10.3. The number of aromatic nitrogens is 1. The monoisotopic (exact) mass is 403 g/mol. The first-order valence-electron chi connectivity index (χ1n) is 7.68. The summed E-state index contributed by atoms with van der Waals surface area (Å²) in [5, 5.41) is 2.78. The van der Waals surface area contributed by atoms with Crippen molar-refractivity contribution in [3.8, 4) is 11.6 Å². The minimum absolute atomic E-state index is 0. The lowest BCUT2D eigenvalue weighted by molar-refractivity contribution is -0.124. The highest BCUT2D eigenvalue weighted by Gasteiger charge is 2.27. The van der Waals surface area contributed by atoms with Crippen molar-refractivity contribution in [1.82, 2.24) is 10.3 Å². The van der Waals surface area contributed by atoms with E-state index in [1.165, 1.54) is 12.1 Å². The van der Waals surface area contributed by atoms with E-state index in [0.29, 0.717) is 17.2 Å². The molecule has 0 unspecified atom stereocenters. The van der Waals surface area contributed by atoms with E-state index in [-0.39, 0.29) is 42.7 Å². The number of nitrogens with one attached hydrogen (secondary N) is 1. The molecule has 0 fully saturated rings. The summed E-state index contributed by atoms with van der Waals surface area (Å²) in [6.07, 6.45) is 1.57. The Morgan fingerprint density at radius 2 is 1.96 bits per heavy atom. The van der Waals surface area contributed by atoms with Gasteiger partial charge in [-0.15, -0.1) is 24.8 Å². The van der Waals surface area contributed by atoms with Crippen molar-refractivity contribution in [3.63, 3.8) is 0 Å². The van der Waals surface area contributed by atoms with Crippen LogP contribution in [0.25, 0.3) is 0 Å². The number of hydrogen-bond donors (Lipinski definition) is 2. The molecule has 26 heavy (non-hydrogen) atoms. The molecule has 1 aromatic heterocycles. The van der Waals surface area contributed by atoms with E-state index >= 15 is 0 Å². The second-order valence-electron chi connectivity index (χ2n) is 6.59. The smallest absolute Gasteiger partial charge is 0.237 e. The van der Waals surface area contributed by atoms with Crippen LogP contribution in [0.15, 0.2) is 42.6 Å². The van der Waals surface area contributed by atoms with Crippen LogP contribution < -0.4 is 15.8 Å². The van der Waals surface area contributed by atoms with Crippen molar-refractivity contribution in [3.05, 3.63) is 54.0 Å². The van der Waals surface area contributed by atoms with Crippen LogP contribution in [0.5, 0.6) is 11.6 Å². The van der Waals surface area contributed by atoms with Gasteiger partial charge < -0.3 is 15.8 Å². The third-order valence-electron chi connectivity index (χ3n) is 3.53. The van der Waals surface area contributed by atoms with E-state index in [2.05, 4.69) is 10.3 Å². The molecule has 2 aromatic rings. The van der Waals surface area contributed by atoms with Crippen LogP contribution in [0, 0.1) is 11.2 Å². The molecule has 0 spiro atoms. The number of benzene rings is 1. The van der Waals surface area contributed by atoms with Gasteiger partial charge in [-0.1, -0.05) is 32.9 Å². The van der Waals surface area contributed by atoms with Crippen LogP contribution in [-0.4, -0.2) is 16.9 Å². The maximum absolute atomic E-state index is 13.3. The molecule has 5 nitrogen and oxygen atoms in total. The van der Waals surface area contributed by atoms with Gasteiger partial charge >= 0.3 is 0 Å². The minimum atomic E-state index is -0.623. The number of pyridine rings is 1. The number of hydrogen-bond acceptors (Lipinski definition) is 4. The number of ether oxygens (including phenoxy) is 1. The number of amides is 1. The molecule has 0 saturated heterocycles. The molecular weight excluding hydrogens is 380 g/mol. The first kappa shape index (κ1) is 24.1. The molecule has 8 heteroatoms. The van der Waals surface area contributed by atoms with Gasteiger partial charge in [-0.3, -0.25) is 4.79 Å². The fourth-order valence-electron chi connectivity index (χ4n) is 1.98. The van der Waals surface area contributed by atoms with Gasteiger partial charge in [0.2, 0.25) is 11.8 Å². The molecule has 0 bridgehead atoms. The highest BCUT2D eigenvalue weighted by molar-refractivity contribution is 5.85. The summed E-state index contributed by atoms with van der Waals surface area (Å²) in [4.78, 5) is 16.3. The number of carbonyl (C=O) groups excluding carboxylic acids is 1. The SMILES string of the molecule is CC(C)(C)[C@H](N)C(=O)NCc1cccnc1Oc1cccc(F)c1.Cl.Cl. The molecule has 3 N–H and O–H groups in total. The normalized spacial score (nSPS) is 11.6. The molecule has 0 aliphatic heterocycles. The standard InChI is InChI=1S/C18H22FN3O2.2ClH/c1-18(2,3)15(20)16(23)22-11-12-6-5-9-21-17(12)24-14-8-4-7-13(19)10-14;;/h4-10,15H,11,20H2,1-3H3,(H,22,23);2*1H/t15-;;/m1../s1. The fraction of sp³-hybridized carbons (Fsp3) is 0.333. The average Bonchev–Trinajstić information content (AvgIpc) is 2.52. The van der Waals surface area contributed by atoms with Gasteiger partial charge in [0, 0.05) is 24.4 Å². The topological polar surface area (TPSA) is 77.2 Å². The van der Waals surface area contributed by atoms with Gasteiger partial charge in [-0.05, 0) is 23.6 Å². The number of carbonyl (C=O) groups is 1. The predicted octanol–water partition coefficient (Wildman–Crippen LogP) is 3.85. The van der Waals surface area contributed by atoms with Crippen molar-refractivity contribution in [1.29, 1.82) is 0 Å². The Balaban J connectivity index is 0.00000312. The van der Waals surface area contributed by atoms with E-state index < -0.39 is 11.9 Å². The van der Waals surface area contributed by atoms with Crippen LogP contribution in [0.1, 0.15) is 26.3 Å². The molecule has 1 heterocycles. The third-order valence-corrected chi connectivity index (χ3v) is 3.53.